The van der Waals surface area contributed by atoms with Gasteiger partial charge in [-0.05, 0) is 43.7 Å². The van der Waals surface area contributed by atoms with Gasteiger partial charge < -0.3 is 10.1 Å². The lowest BCUT2D eigenvalue weighted by Crippen LogP contribution is -2.08. The molecule has 0 bridgehead atoms. The van der Waals surface area contributed by atoms with Gasteiger partial charge in [0, 0.05) is 19.8 Å². The van der Waals surface area contributed by atoms with Crippen molar-refractivity contribution in [2.24, 2.45) is 5.92 Å². The van der Waals surface area contributed by atoms with E-state index in [0.717, 1.165) is 43.5 Å². The Kier molecular flexibility index (Phi) is 4.10. The molecule has 0 spiro atoms. The Hall–Kier alpha value is -1.16. The van der Waals surface area contributed by atoms with Crippen molar-refractivity contribution in [1.29, 1.82) is 0 Å². The molecule has 88 valence electrons. The minimum atomic E-state index is 0.836. The van der Waals surface area contributed by atoms with E-state index in [9.17, 15) is 0 Å². The standard InChI is InChI=1S/C12H19N3O/c1-10-7-12(15-14-8-10)13-5-2-6-16-9-11-3-4-11/h7-8,11H,2-6,9H2,1H3,(H,13,15). The molecule has 1 saturated carbocycles. The van der Waals surface area contributed by atoms with Gasteiger partial charge in [0.25, 0.3) is 0 Å². The summed E-state index contributed by atoms with van der Waals surface area (Å²) in [6.45, 7) is 4.69. The SMILES string of the molecule is Cc1cnnc(NCCCOCC2CC2)c1. The summed E-state index contributed by atoms with van der Waals surface area (Å²) in [5, 5.41) is 11.1. The van der Waals surface area contributed by atoms with Crippen LogP contribution in [0.1, 0.15) is 24.8 Å². The molecule has 0 radical (unpaired) electrons. The molecule has 0 aliphatic heterocycles. The van der Waals surface area contributed by atoms with Crippen molar-refractivity contribution in [3.63, 3.8) is 0 Å². The summed E-state index contributed by atoms with van der Waals surface area (Å²) in [6.07, 6.45) is 5.49. The zero-order chi connectivity index (χ0) is 11.2. The molecule has 2 rings (SSSR count). The van der Waals surface area contributed by atoms with Crippen molar-refractivity contribution in [3.05, 3.63) is 17.8 Å². The molecule has 4 nitrogen and oxygen atoms in total. The molecular formula is C12H19N3O. The van der Waals surface area contributed by atoms with Crippen LogP contribution in [0.2, 0.25) is 0 Å². The molecule has 0 atom stereocenters. The number of aromatic nitrogens is 2. The van der Waals surface area contributed by atoms with Crippen molar-refractivity contribution < 1.29 is 4.74 Å². The Labute approximate surface area is 96.4 Å². The first kappa shape index (κ1) is 11.3. The monoisotopic (exact) mass is 221 g/mol. The Morgan fingerprint density at radius 1 is 1.50 bits per heavy atom. The van der Waals surface area contributed by atoms with Crippen molar-refractivity contribution in [2.75, 3.05) is 25.1 Å². The van der Waals surface area contributed by atoms with Gasteiger partial charge in [-0.1, -0.05) is 0 Å². The summed E-state index contributed by atoms with van der Waals surface area (Å²) in [6, 6.07) is 2.00. The first-order valence-electron chi connectivity index (χ1n) is 5.95. The van der Waals surface area contributed by atoms with Gasteiger partial charge in [-0.25, -0.2) is 0 Å². The summed E-state index contributed by atoms with van der Waals surface area (Å²) in [5.74, 6) is 1.71. The highest BCUT2D eigenvalue weighted by atomic mass is 16.5. The number of hydrogen-bond acceptors (Lipinski definition) is 4. The second-order valence-electron chi connectivity index (χ2n) is 4.42. The number of anilines is 1. The Balaban J connectivity index is 1.53. The predicted octanol–water partition coefficient (Wildman–Crippen LogP) is 2.01. The van der Waals surface area contributed by atoms with Gasteiger partial charge in [-0.3, -0.25) is 0 Å². The van der Waals surface area contributed by atoms with Crippen LogP contribution in [-0.2, 0) is 4.74 Å². The highest BCUT2D eigenvalue weighted by Crippen LogP contribution is 2.28. The molecule has 0 unspecified atom stereocenters. The smallest absolute Gasteiger partial charge is 0.148 e. The third-order valence-electron chi connectivity index (χ3n) is 2.61. The maximum atomic E-state index is 5.54. The highest BCUT2D eigenvalue weighted by molar-refractivity contribution is 5.34. The second-order valence-corrected chi connectivity index (χ2v) is 4.42. The van der Waals surface area contributed by atoms with Crippen LogP contribution < -0.4 is 5.32 Å². The summed E-state index contributed by atoms with van der Waals surface area (Å²) in [5.41, 5.74) is 1.13. The van der Waals surface area contributed by atoms with E-state index in [1.54, 1.807) is 6.20 Å². The fourth-order valence-electron chi connectivity index (χ4n) is 1.48. The van der Waals surface area contributed by atoms with E-state index in [0.29, 0.717) is 0 Å². The lowest BCUT2D eigenvalue weighted by atomic mass is 10.3. The molecule has 1 aromatic heterocycles. The molecule has 1 heterocycles. The van der Waals surface area contributed by atoms with Gasteiger partial charge in [0.1, 0.15) is 5.82 Å². The van der Waals surface area contributed by atoms with Crippen molar-refractivity contribution >= 4 is 5.82 Å². The van der Waals surface area contributed by atoms with Gasteiger partial charge in [0.2, 0.25) is 0 Å². The van der Waals surface area contributed by atoms with Crippen LogP contribution in [0.3, 0.4) is 0 Å². The van der Waals surface area contributed by atoms with E-state index in [4.69, 9.17) is 4.74 Å². The van der Waals surface area contributed by atoms with E-state index >= 15 is 0 Å². The van der Waals surface area contributed by atoms with Gasteiger partial charge in [0.05, 0.1) is 6.20 Å². The summed E-state index contributed by atoms with van der Waals surface area (Å²) < 4.78 is 5.54. The normalized spacial score (nSPS) is 15.1. The molecule has 1 aliphatic carbocycles. The second kappa shape index (κ2) is 5.80. The first-order valence-corrected chi connectivity index (χ1v) is 5.95. The van der Waals surface area contributed by atoms with Crippen LogP contribution >= 0.6 is 0 Å². The molecule has 1 N–H and O–H groups in total. The average molecular weight is 221 g/mol. The number of hydrogen-bond donors (Lipinski definition) is 1. The summed E-state index contributed by atoms with van der Waals surface area (Å²) in [7, 11) is 0. The molecular weight excluding hydrogens is 202 g/mol. The number of ether oxygens (including phenoxy) is 1. The van der Waals surface area contributed by atoms with Gasteiger partial charge >= 0.3 is 0 Å². The predicted molar refractivity (Wildman–Crippen MR) is 63.4 cm³/mol. The summed E-state index contributed by atoms with van der Waals surface area (Å²) in [4.78, 5) is 0. The number of aryl methyl sites for hydroxylation is 1. The van der Waals surface area contributed by atoms with Crippen LogP contribution in [-0.4, -0.2) is 30.0 Å². The van der Waals surface area contributed by atoms with Crippen molar-refractivity contribution in [2.45, 2.75) is 26.2 Å². The summed E-state index contributed by atoms with van der Waals surface area (Å²) >= 11 is 0. The molecule has 4 heteroatoms. The first-order chi connectivity index (χ1) is 7.84. The van der Waals surface area contributed by atoms with E-state index in [2.05, 4.69) is 15.5 Å². The molecule has 0 amide bonds. The zero-order valence-corrected chi connectivity index (χ0v) is 9.78. The maximum absolute atomic E-state index is 5.54. The third kappa shape index (κ3) is 4.14. The largest absolute Gasteiger partial charge is 0.381 e. The quantitative estimate of drug-likeness (QED) is 0.715. The molecule has 0 aromatic carbocycles. The Morgan fingerprint density at radius 3 is 3.12 bits per heavy atom. The van der Waals surface area contributed by atoms with E-state index in [-0.39, 0.29) is 0 Å². The van der Waals surface area contributed by atoms with Crippen LogP contribution in [0.4, 0.5) is 5.82 Å². The van der Waals surface area contributed by atoms with Gasteiger partial charge in [-0.15, -0.1) is 5.10 Å². The average Bonchev–Trinajstić information content (AvgIpc) is 3.07. The molecule has 1 aliphatic rings. The topological polar surface area (TPSA) is 47.0 Å². The third-order valence-corrected chi connectivity index (χ3v) is 2.61. The number of nitrogens with one attached hydrogen (secondary N) is 1. The van der Waals surface area contributed by atoms with Crippen LogP contribution in [0.5, 0.6) is 0 Å². The van der Waals surface area contributed by atoms with Crippen LogP contribution in [0.15, 0.2) is 12.3 Å². The van der Waals surface area contributed by atoms with E-state index in [1.165, 1.54) is 12.8 Å². The maximum Gasteiger partial charge on any atom is 0.148 e. The van der Waals surface area contributed by atoms with E-state index < -0.39 is 0 Å². The van der Waals surface area contributed by atoms with Gasteiger partial charge in [-0.2, -0.15) is 5.10 Å². The number of rotatable bonds is 7. The fourth-order valence-corrected chi connectivity index (χ4v) is 1.48. The minimum absolute atomic E-state index is 0.836. The fraction of sp³-hybridized carbons (Fsp3) is 0.667. The van der Waals surface area contributed by atoms with E-state index in [1.807, 2.05) is 13.0 Å². The van der Waals surface area contributed by atoms with Crippen molar-refractivity contribution in [3.8, 4) is 0 Å². The lowest BCUT2D eigenvalue weighted by Gasteiger charge is -2.05. The highest BCUT2D eigenvalue weighted by Gasteiger charge is 2.20. The Bertz CT molecular complexity index is 326. The Morgan fingerprint density at radius 2 is 2.38 bits per heavy atom. The minimum Gasteiger partial charge on any atom is -0.381 e. The molecule has 1 fully saturated rings. The van der Waals surface area contributed by atoms with Crippen LogP contribution in [0, 0.1) is 12.8 Å². The van der Waals surface area contributed by atoms with Crippen LogP contribution in [0.25, 0.3) is 0 Å². The molecule has 16 heavy (non-hydrogen) atoms. The molecule has 0 saturated heterocycles. The lowest BCUT2D eigenvalue weighted by molar-refractivity contribution is 0.124. The van der Waals surface area contributed by atoms with Gasteiger partial charge in [0.15, 0.2) is 0 Å². The van der Waals surface area contributed by atoms with Crippen molar-refractivity contribution in [1.82, 2.24) is 10.2 Å². The zero-order valence-electron chi connectivity index (χ0n) is 9.78. The number of nitrogens with zero attached hydrogens (tertiary/aromatic N) is 2. The molecule has 1 aromatic rings.